The quantitative estimate of drug-likeness (QED) is 0.277. The van der Waals surface area contributed by atoms with Gasteiger partial charge in [0.25, 0.3) is 21.6 Å². The van der Waals surface area contributed by atoms with Gasteiger partial charge < -0.3 is 10.1 Å². The summed E-state index contributed by atoms with van der Waals surface area (Å²) in [6.45, 7) is -0.731. The highest BCUT2D eigenvalue weighted by Crippen LogP contribution is 2.23. The second-order valence-electron chi connectivity index (χ2n) is 6.54. The molecule has 0 bridgehead atoms. The molecule has 12 heteroatoms. The van der Waals surface area contributed by atoms with Gasteiger partial charge in [-0.25, -0.2) is 13.2 Å². The van der Waals surface area contributed by atoms with Gasteiger partial charge in [-0.15, -0.1) is 0 Å². The Morgan fingerprint density at radius 3 is 2.39 bits per heavy atom. The van der Waals surface area contributed by atoms with Crippen LogP contribution in [0.3, 0.4) is 0 Å². The highest BCUT2D eigenvalue weighted by molar-refractivity contribution is 7.92. The highest BCUT2D eigenvalue weighted by Gasteiger charge is 2.19. The van der Waals surface area contributed by atoms with Crippen molar-refractivity contribution in [1.29, 1.82) is 0 Å². The molecule has 0 aliphatic rings. The fraction of sp³-hybridized carbons (Fsp3) is 0.0476. The van der Waals surface area contributed by atoms with Crippen molar-refractivity contribution in [3.8, 4) is 0 Å². The maximum Gasteiger partial charge on any atom is 0.338 e. The van der Waals surface area contributed by atoms with Gasteiger partial charge in [-0.2, -0.15) is 0 Å². The van der Waals surface area contributed by atoms with Gasteiger partial charge in [-0.1, -0.05) is 29.8 Å². The Balaban J connectivity index is 1.65. The first-order valence-electron chi connectivity index (χ1n) is 9.24. The molecule has 33 heavy (non-hydrogen) atoms. The number of ether oxygens (including phenoxy) is 1. The summed E-state index contributed by atoms with van der Waals surface area (Å²) < 4.78 is 32.5. The van der Waals surface area contributed by atoms with Gasteiger partial charge in [0.05, 0.1) is 15.4 Å². The molecule has 1 amide bonds. The van der Waals surface area contributed by atoms with Crippen LogP contribution in [0, 0.1) is 10.1 Å². The number of carbonyl (C=O) groups is 2. The summed E-state index contributed by atoms with van der Waals surface area (Å²) in [6.07, 6.45) is 0. The summed E-state index contributed by atoms with van der Waals surface area (Å²) in [7, 11) is -4.01. The molecule has 0 spiro atoms. The number of nitrogens with one attached hydrogen (secondary N) is 2. The molecule has 0 unspecified atom stereocenters. The van der Waals surface area contributed by atoms with E-state index < -0.39 is 33.4 Å². The van der Waals surface area contributed by atoms with Crippen LogP contribution in [0.4, 0.5) is 17.1 Å². The van der Waals surface area contributed by atoms with Gasteiger partial charge in [-0.05, 0) is 48.5 Å². The fourth-order valence-electron chi connectivity index (χ4n) is 2.66. The third kappa shape index (κ3) is 6.28. The number of hydrogen-bond donors (Lipinski definition) is 2. The Hall–Kier alpha value is -3.96. The summed E-state index contributed by atoms with van der Waals surface area (Å²) in [4.78, 5) is 34.5. The number of carbonyl (C=O) groups excluding carboxylic acids is 2. The van der Waals surface area contributed by atoms with Crippen molar-refractivity contribution in [3.63, 3.8) is 0 Å². The lowest BCUT2D eigenvalue weighted by Crippen LogP contribution is -2.21. The molecule has 0 heterocycles. The maximum absolute atomic E-state index is 12.6. The molecule has 0 atom stereocenters. The van der Waals surface area contributed by atoms with Crippen LogP contribution in [0.15, 0.2) is 77.7 Å². The minimum atomic E-state index is -4.01. The van der Waals surface area contributed by atoms with Gasteiger partial charge in [0, 0.05) is 16.8 Å². The molecule has 0 aliphatic carbocycles. The SMILES string of the molecule is O=C(COC(=O)c1cccc(S(=O)(=O)Nc2ccc(Cl)cc2)c1)Nc1ccccc1[N+](=O)[O-]. The molecule has 2 N–H and O–H groups in total. The Morgan fingerprint density at radius 2 is 1.70 bits per heavy atom. The minimum Gasteiger partial charge on any atom is -0.452 e. The summed E-state index contributed by atoms with van der Waals surface area (Å²) in [5.74, 6) is -1.75. The number of rotatable bonds is 8. The number of esters is 1. The van der Waals surface area contributed by atoms with E-state index in [1.54, 1.807) is 0 Å². The van der Waals surface area contributed by atoms with Crippen LogP contribution in [0.25, 0.3) is 0 Å². The number of nitro benzene ring substituents is 1. The Bertz CT molecular complexity index is 1310. The molecule has 0 aromatic heterocycles. The van der Waals surface area contributed by atoms with Crippen LogP contribution < -0.4 is 10.0 Å². The third-order valence-electron chi connectivity index (χ3n) is 4.19. The Kier molecular flexibility index (Phi) is 7.26. The molecule has 0 saturated heterocycles. The molecule has 3 aromatic carbocycles. The van der Waals surface area contributed by atoms with Gasteiger partial charge in [0.2, 0.25) is 0 Å². The zero-order valence-corrected chi connectivity index (χ0v) is 18.3. The molecule has 0 aliphatic heterocycles. The highest BCUT2D eigenvalue weighted by atomic mass is 35.5. The first kappa shape index (κ1) is 23.7. The van der Waals surface area contributed by atoms with Crippen molar-refractivity contribution < 1.29 is 27.7 Å². The van der Waals surface area contributed by atoms with E-state index in [-0.39, 0.29) is 27.5 Å². The Labute approximate surface area is 193 Å². The van der Waals surface area contributed by atoms with Crippen LogP contribution in [-0.4, -0.2) is 31.8 Å². The average molecular weight is 490 g/mol. The standard InChI is InChI=1S/C21H16ClN3O7S/c22-15-8-10-16(11-9-15)24-33(30,31)17-5-3-4-14(12-17)21(27)32-13-20(26)23-18-6-1-2-7-19(18)25(28)29/h1-12,24H,13H2,(H,23,26). The number of hydrogen-bond acceptors (Lipinski definition) is 7. The molecule has 3 aromatic rings. The third-order valence-corrected chi connectivity index (χ3v) is 5.82. The van der Waals surface area contributed by atoms with Crippen LogP contribution in [0.5, 0.6) is 0 Å². The van der Waals surface area contributed by atoms with E-state index in [2.05, 4.69) is 10.0 Å². The zero-order chi connectivity index (χ0) is 24.0. The smallest absolute Gasteiger partial charge is 0.338 e. The molecule has 10 nitrogen and oxygen atoms in total. The van der Waals surface area contributed by atoms with Gasteiger partial charge in [-0.3, -0.25) is 19.6 Å². The number of amides is 1. The van der Waals surface area contributed by atoms with E-state index in [0.717, 1.165) is 6.07 Å². The summed E-state index contributed by atoms with van der Waals surface area (Å²) in [5, 5.41) is 13.7. The second kappa shape index (κ2) is 10.1. The average Bonchev–Trinajstić information content (AvgIpc) is 2.79. The van der Waals surface area contributed by atoms with Crippen LogP contribution >= 0.6 is 11.6 Å². The van der Waals surface area contributed by atoms with E-state index in [4.69, 9.17) is 16.3 Å². The number of nitrogens with zero attached hydrogens (tertiary/aromatic N) is 1. The lowest BCUT2D eigenvalue weighted by Gasteiger charge is -2.10. The van der Waals surface area contributed by atoms with Gasteiger partial charge in [0.15, 0.2) is 6.61 Å². The number of halogens is 1. The number of anilines is 2. The van der Waals surface area contributed by atoms with Crippen molar-refractivity contribution in [2.24, 2.45) is 0 Å². The normalized spacial score (nSPS) is 10.8. The van der Waals surface area contributed by atoms with E-state index in [0.29, 0.717) is 5.02 Å². The van der Waals surface area contributed by atoms with Crippen molar-refractivity contribution >= 4 is 50.6 Å². The minimum absolute atomic E-state index is 0.0510. The molecule has 0 radical (unpaired) electrons. The molecular weight excluding hydrogens is 474 g/mol. The van der Waals surface area contributed by atoms with Gasteiger partial charge in [0.1, 0.15) is 5.69 Å². The van der Waals surface area contributed by atoms with E-state index in [1.807, 2.05) is 0 Å². The number of sulfonamides is 1. The molecule has 170 valence electrons. The van der Waals surface area contributed by atoms with Crippen molar-refractivity contribution in [2.75, 3.05) is 16.6 Å². The first-order chi connectivity index (χ1) is 15.7. The number of benzene rings is 3. The Morgan fingerprint density at radius 1 is 1.00 bits per heavy atom. The van der Waals surface area contributed by atoms with Crippen LogP contribution in [0.2, 0.25) is 5.02 Å². The topological polar surface area (TPSA) is 145 Å². The van der Waals surface area contributed by atoms with Gasteiger partial charge >= 0.3 is 5.97 Å². The van der Waals surface area contributed by atoms with E-state index in [9.17, 15) is 28.1 Å². The predicted molar refractivity (Wildman–Crippen MR) is 121 cm³/mol. The number of nitro groups is 1. The lowest BCUT2D eigenvalue weighted by atomic mass is 10.2. The fourth-order valence-corrected chi connectivity index (χ4v) is 3.89. The van der Waals surface area contributed by atoms with Crippen molar-refractivity contribution in [3.05, 3.63) is 93.5 Å². The van der Waals surface area contributed by atoms with E-state index >= 15 is 0 Å². The monoisotopic (exact) mass is 489 g/mol. The van der Waals surface area contributed by atoms with Crippen molar-refractivity contribution in [1.82, 2.24) is 0 Å². The van der Waals surface area contributed by atoms with Crippen LogP contribution in [-0.2, 0) is 19.6 Å². The summed E-state index contributed by atoms with van der Waals surface area (Å²) >= 11 is 5.79. The van der Waals surface area contributed by atoms with Crippen LogP contribution in [0.1, 0.15) is 10.4 Å². The largest absolute Gasteiger partial charge is 0.452 e. The second-order valence-corrected chi connectivity index (χ2v) is 8.66. The van der Waals surface area contributed by atoms with E-state index in [1.165, 1.54) is 66.7 Å². The maximum atomic E-state index is 12.6. The summed E-state index contributed by atoms with van der Waals surface area (Å²) in [5.41, 5.74) is -0.195. The number of para-hydroxylation sites is 2. The zero-order valence-electron chi connectivity index (χ0n) is 16.7. The molecule has 0 fully saturated rings. The van der Waals surface area contributed by atoms with Crippen molar-refractivity contribution in [2.45, 2.75) is 4.90 Å². The first-order valence-corrected chi connectivity index (χ1v) is 11.1. The lowest BCUT2D eigenvalue weighted by molar-refractivity contribution is -0.383. The predicted octanol–water partition coefficient (Wildman–Crippen LogP) is 3.84. The molecule has 0 saturated carbocycles. The molecule has 3 rings (SSSR count). The molecular formula is C21H16ClN3O7S. The summed E-state index contributed by atoms with van der Waals surface area (Å²) in [6, 6.07) is 16.5.